The minimum Gasteiger partial charge on any atom is -0.393 e. The predicted molar refractivity (Wildman–Crippen MR) is 83.9 cm³/mol. The third kappa shape index (κ3) is 3.54. The van der Waals surface area contributed by atoms with E-state index in [1.54, 1.807) is 12.5 Å². The van der Waals surface area contributed by atoms with Crippen molar-refractivity contribution in [3.63, 3.8) is 0 Å². The van der Waals surface area contributed by atoms with E-state index in [0.29, 0.717) is 18.0 Å². The number of benzene rings is 1. The summed E-state index contributed by atoms with van der Waals surface area (Å²) >= 11 is 0. The van der Waals surface area contributed by atoms with Crippen LogP contribution >= 0.6 is 0 Å². The van der Waals surface area contributed by atoms with Crippen LogP contribution in [0.25, 0.3) is 5.69 Å². The Morgan fingerprint density at radius 2 is 2.14 bits per heavy atom. The molecule has 3 rings (SSSR count). The molecule has 1 fully saturated rings. The van der Waals surface area contributed by atoms with Crippen LogP contribution in [0.1, 0.15) is 36.0 Å². The Morgan fingerprint density at radius 1 is 1.32 bits per heavy atom. The standard InChI is InChI=1S/C17H21N3O2/c21-16-3-1-2-13(10-16)11-19-17(22)14-4-6-15(7-5-14)20-9-8-18-12-20/h4-9,12-13,16,21H,1-3,10-11H2,(H,19,22). The highest BCUT2D eigenvalue weighted by Crippen LogP contribution is 2.23. The van der Waals surface area contributed by atoms with Crippen molar-refractivity contribution in [2.75, 3.05) is 6.54 Å². The number of aromatic nitrogens is 2. The van der Waals surface area contributed by atoms with E-state index in [0.717, 1.165) is 31.4 Å². The maximum Gasteiger partial charge on any atom is 0.251 e. The van der Waals surface area contributed by atoms with Crippen molar-refractivity contribution in [1.82, 2.24) is 14.9 Å². The quantitative estimate of drug-likeness (QED) is 0.909. The van der Waals surface area contributed by atoms with Gasteiger partial charge in [0, 0.05) is 30.2 Å². The summed E-state index contributed by atoms with van der Waals surface area (Å²) in [5.74, 6) is 0.329. The molecule has 0 bridgehead atoms. The smallest absolute Gasteiger partial charge is 0.251 e. The van der Waals surface area contributed by atoms with Gasteiger partial charge in [-0.2, -0.15) is 0 Å². The lowest BCUT2D eigenvalue weighted by Crippen LogP contribution is -2.32. The van der Waals surface area contributed by atoms with Crippen LogP contribution in [0, 0.1) is 5.92 Å². The monoisotopic (exact) mass is 299 g/mol. The first-order valence-electron chi connectivity index (χ1n) is 7.77. The molecule has 1 aromatic carbocycles. The summed E-state index contributed by atoms with van der Waals surface area (Å²) in [6.45, 7) is 0.638. The minimum atomic E-state index is -0.204. The molecule has 22 heavy (non-hydrogen) atoms. The van der Waals surface area contributed by atoms with E-state index in [9.17, 15) is 9.90 Å². The van der Waals surface area contributed by atoms with E-state index in [1.807, 2.05) is 35.0 Å². The van der Waals surface area contributed by atoms with E-state index in [-0.39, 0.29) is 12.0 Å². The number of imidazole rings is 1. The van der Waals surface area contributed by atoms with Crippen molar-refractivity contribution < 1.29 is 9.90 Å². The van der Waals surface area contributed by atoms with Crippen molar-refractivity contribution in [2.45, 2.75) is 31.8 Å². The van der Waals surface area contributed by atoms with Gasteiger partial charge in [-0.3, -0.25) is 4.79 Å². The normalized spacial score (nSPS) is 21.5. The molecule has 1 heterocycles. The fourth-order valence-corrected chi connectivity index (χ4v) is 2.98. The highest BCUT2D eigenvalue weighted by Gasteiger charge is 2.20. The van der Waals surface area contributed by atoms with Gasteiger partial charge in [-0.05, 0) is 49.4 Å². The largest absolute Gasteiger partial charge is 0.393 e. The Labute approximate surface area is 130 Å². The van der Waals surface area contributed by atoms with E-state index >= 15 is 0 Å². The maximum atomic E-state index is 12.2. The summed E-state index contributed by atoms with van der Waals surface area (Å²) in [5, 5.41) is 12.6. The number of nitrogens with one attached hydrogen (secondary N) is 1. The van der Waals surface area contributed by atoms with Crippen molar-refractivity contribution in [2.24, 2.45) is 5.92 Å². The van der Waals surface area contributed by atoms with Crippen LogP contribution in [0.4, 0.5) is 0 Å². The Balaban J connectivity index is 1.56. The zero-order valence-corrected chi connectivity index (χ0v) is 12.5. The highest BCUT2D eigenvalue weighted by atomic mass is 16.3. The molecule has 1 amide bonds. The van der Waals surface area contributed by atoms with Gasteiger partial charge in [-0.1, -0.05) is 6.42 Å². The van der Waals surface area contributed by atoms with Crippen molar-refractivity contribution in [1.29, 1.82) is 0 Å². The molecular formula is C17H21N3O2. The van der Waals surface area contributed by atoms with Gasteiger partial charge >= 0.3 is 0 Å². The number of hydrogen-bond donors (Lipinski definition) is 2. The second-order valence-electron chi connectivity index (χ2n) is 5.91. The van der Waals surface area contributed by atoms with Crippen LogP contribution in [0.5, 0.6) is 0 Å². The van der Waals surface area contributed by atoms with E-state index in [1.165, 1.54) is 0 Å². The summed E-state index contributed by atoms with van der Waals surface area (Å²) < 4.78 is 1.89. The SMILES string of the molecule is O=C(NCC1CCCC(O)C1)c1ccc(-n2ccnc2)cc1. The first-order chi connectivity index (χ1) is 10.7. The first kappa shape index (κ1) is 14.8. The van der Waals surface area contributed by atoms with Crippen LogP contribution in [0.3, 0.4) is 0 Å². The van der Waals surface area contributed by atoms with Gasteiger partial charge < -0.3 is 15.0 Å². The zero-order chi connectivity index (χ0) is 15.4. The van der Waals surface area contributed by atoms with E-state index in [2.05, 4.69) is 10.3 Å². The average Bonchev–Trinajstić information content (AvgIpc) is 3.07. The first-order valence-corrected chi connectivity index (χ1v) is 7.77. The molecule has 0 spiro atoms. The molecule has 1 aliphatic rings. The lowest BCUT2D eigenvalue weighted by atomic mass is 9.87. The molecule has 0 aliphatic heterocycles. The van der Waals surface area contributed by atoms with Gasteiger partial charge in [-0.25, -0.2) is 4.98 Å². The molecule has 116 valence electrons. The van der Waals surface area contributed by atoms with Crippen molar-refractivity contribution in [3.8, 4) is 5.69 Å². The minimum absolute atomic E-state index is 0.0581. The van der Waals surface area contributed by atoms with Crippen LogP contribution in [-0.2, 0) is 0 Å². The number of carbonyl (C=O) groups is 1. The van der Waals surface area contributed by atoms with Gasteiger partial charge in [0.05, 0.1) is 12.4 Å². The molecule has 2 N–H and O–H groups in total. The third-order valence-corrected chi connectivity index (χ3v) is 4.24. The number of hydrogen-bond acceptors (Lipinski definition) is 3. The van der Waals surface area contributed by atoms with Crippen LogP contribution < -0.4 is 5.32 Å². The lowest BCUT2D eigenvalue weighted by Gasteiger charge is -2.25. The average molecular weight is 299 g/mol. The van der Waals surface area contributed by atoms with Gasteiger partial charge in [-0.15, -0.1) is 0 Å². The summed E-state index contributed by atoms with van der Waals surface area (Å²) in [6, 6.07) is 7.45. The molecule has 0 radical (unpaired) electrons. The molecule has 5 nitrogen and oxygen atoms in total. The Kier molecular flexibility index (Phi) is 4.53. The number of nitrogens with zero attached hydrogens (tertiary/aromatic N) is 2. The fraction of sp³-hybridized carbons (Fsp3) is 0.412. The Bertz CT molecular complexity index is 607. The summed E-state index contributed by atoms with van der Waals surface area (Å²) in [4.78, 5) is 16.2. The number of carbonyl (C=O) groups excluding carboxylic acids is 1. The summed E-state index contributed by atoms with van der Waals surface area (Å²) in [5.41, 5.74) is 1.63. The molecule has 2 unspecified atom stereocenters. The highest BCUT2D eigenvalue weighted by molar-refractivity contribution is 5.94. The maximum absolute atomic E-state index is 12.2. The van der Waals surface area contributed by atoms with Crippen LogP contribution in [0.2, 0.25) is 0 Å². The predicted octanol–water partition coefficient (Wildman–Crippen LogP) is 2.15. The lowest BCUT2D eigenvalue weighted by molar-refractivity contribution is 0.0874. The molecular weight excluding hydrogens is 278 g/mol. The molecule has 5 heteroatoms. The molecule has 1 aromatic heterocycles. The van der Waals surface area contributed by atoms with Crippen LogP contribution in [0.15, 0.2) is 43.0 Å². The number of amides is 1. The fourth-order valence-electron chi connectivity index (χ4n) is 2.98. The van der Waals surface area contributed by atoms with E-state index < -0.39 is 0 Å². The summed E-state index contributed by atoms with van der Waals surface area (Å²) in [6.07, 6.45) is 8.91. The van der Waals surface area contributed by atoms with Gasteiger partial charge in [0.2, 0.25) is 0 Å². The number of rotatable bonds is 4. The van der Waals surface area contributed by atoms with Gasteiger partial charge in [0.25, 0.3) is 5.91 Å². The van der Waals surface area contributed by atoms with Crippen molar-refractivity contribution >= 4 is 5.91 Å². The van der Waals surface area contributed by atoms with Crippen molar-refractivity contribution in [3.05, 3.63) is 48.5 Å². The number of aliphatic hydroxyl groups excluding tert-OH is 1. The molecule has 2 aromatic rings. The van der Waals surface area contributed by atoms with E-state index in [4.69, 9.17) is 0 Å². The van der Waals surface area contributed by atoms with Crippen LogP contribution in [-0.4, -0.2) is 33.2 Å². The second-order valence-corrected chi connectivity index (χ2v) is 5.91. The third-order valence-electron chi connectivity index (χ3n) is 4.24. The number of aliphatic hydroxyl groups is 1. The molecule has 1 aliphatic carbocycles. The van der Waals surface area contributed by atoms with Gasteiger partial charge in [0.15, 0.2) is 0 Å². The Hall–Kier alpha value is -2.14. The molecule has 1 saturated carbocycles. The topological polar surface area (TPSA) is 67.2 Å². The van der Waals surface area contributed by atoms with Gasteiger partial charge in [0.1, 0.15) is 0 Å². The summed E-state index contributed by atoms with van der Waals surface area (Å²) in [7, 11) is 0. The Morgan fingerprint density at radius 3 is 2.82 bits per heavy atom. The molecule has 2 atom stereocenters. The molecule has 0 saturated heterocycles. The zero-order valence-electron chi connectivity index (χ0n) is 12.5. The second kappa shape index (κ2) is 6.75.